The minimum atomic E-state index is 0.0500. The average molecular weight is 420 g/mol. The number of hydrogen-bond acceptors (Lipinski definition) is 6. The molecule has 0 saturated carbocycles. The van der Waals surface area contributed by atoms with E-state index in [0.29, 0.717) is 24.3 Å². The van der Waals surface area contributed by atoms with Gasteiger partial charge in [0, 0.05) is 6.42 Å². The first-order valence-corrected chi connectivity index (χ1v) is 10.6. The van der Waals surface area contributed by atoms with E-state index in [1.165, 1.54) is 0 Å². The lowest BCUT2D eigenvalue weighted by atomic mass is 9.81. The molecule has 2 heterocycles. The second kappa shape index (κ2) is 7.25. The van der Waals surface area contributed by atoms with E-state index in [9.17, 15) is 4.79 Å². The molecule has 0 aliphatic heterocycles. The molecule has 6 nitrogen and oxygen atoms in total. The van der Waals surface area contributed by atoms with Crippen LogP contribution in [0.15, 0.2) is 42.5 Å². The lowest BCUT2D eigenvalue weighted by Crippen LogP contribution is -2.20. The standard InChI is InChI=1S/C23H21N3O3S/c1-13-22-17(26(25-13)23-24-16-6-4-5-7-21(16)30-23)10-15(11-18(22)27)14-8-9-19(28-2)20(12-14)29-3/h4-9,12,15H,10-11H2,1-3H3/t15-/m1/s1. The minimum Gasteiger partial charge on any atom is -0.493 e. The van der Waals surface area contributed by atoms with Crippen LogP contribution in [-0.2, 0) is 6.42 Å². The number of ketones is 1. The van der Waals surface area contributed by atoms with Gasteiger partial charge in [0.1, 0.15) is 0 Å². The molecule has 30 heavy (non-hydrogen) atoms. The van der Waals surface area contributed by atoms with Gasteiger partial charge in [-0.1, -0.05) is 29.5 Å². The first-order valence-electron chi connectivity index (χ1n) is 9.78. The summed E-state index contributed by atoms with van der Waals surface area (Å²) < 4.78 is 13.8. The summed E-state index contributed by atoms with van der Waals surface area (Å²) in [5, 5.41) is 5.49. The average Bonchev–Trinajstić information content (AvgIpc) is 3.34. The van der Waals surface area contributed by atoms with Crippen molar-refractivity contribution in [2.45, 2.75) is 25.7 Å². The summed E-state index contributed by atoms with van der Waals surface area (Å²) >= 11 is 1.59. The fourth-order valence-corrected chi connectivity index (χ4v) is 5.15. The number of fused-ring (bicyclic) bond motifs is 2. The van der Waals surface area contributed by atoms with Crippen molar-refractivity contribution in [3.8, 4) is 16.6 Å². The third-order valence-electron chi connectivity index (χ3n) is 5.65. The molecule has 1 atom stereocenters. The Bertz CT molecular complexity index is 1240. The van der Waals surface area contributed by atoms with Crippen molar-refractivity contribution in [2.75, 3.05) is 14.2 Å². The maximum Gasteiger partial charge on any atom is 0.211 e. The van der Waals surface area contributed by atoms with Gasteiger partial charge >= 0.3 is 0 Å². The molecular weight excluding hydrogens is 398 g/mol. The molecule has 0 spiro atoms. The number of carbonyl (C=O) groups excluding carboxylic acids is 1. The summed E-state index contributed by atoms with van der Waals surface area (Å²) in [6, 6.07) is 13.9. The van der Waals surface area contributed by atoms with E-state index in [1.807, 2.05) is 48.0 Å². The van der Waals surface area contributed by atoms with Gasteiger partial charge in [-0.3, -0.25) is 4.79 Å². The molecule has 152 valence electrons. The van der Waals surface area contributed by atoms with E-state index < -0.39 is 0 Å². The van der Waals surface area contributed by atoms with E-state index in [-0.39, 0.29) is 11.7 Å². The first kappa shape index (κ1) is 18.8. The van der Waals surface area contributed by atoms with Gasteiger partial charge in [0.25, 0.3) is 0 Å². The SMILES string of the molecule is COc1ccc([C@H]2CC(=O)c3c(C)nn(-c4nc5ccccc5s4)c3C2)cc1OC. The van der Waals surface area contributed by atoms with Crippen LogP contribution in [0.25, 0.3) is 15.3 Å². The zero-order valence-corrected chi connectivity index (χ0v) is 17.8. The van der Waals surface area contributed by atoms with Crippen LogP contribution in [0.1, 0.15) is 39.6 Å². The summed E-state index contributed by atoms with van der Waals surface area (Å²) in [6.45, 7) is 1.90. The molecule has 0 saturated heterocycles. The molecule has 0 amide bonds. The molecule has 0 radical (unpaired) electrons. The maximum absolute atomic E-state index is 13.1. The summed E-state index contributed by atoms with van der Waals surface area (Å²) in [7, 11) is 3.24. The predicted octanol–water partition coefficient (Wildman–Crippen LogP) is 4.72. The molecule has 4 aromatic rings. The number of aryl methyl sites for hydroxylation is 1. The van der Waals surface area contributed by atoms with E-state index in [0.717, 1.165) is 37.9 Å². The van der Waals surface area contributed by atoms with Gasteiger partial charge in [0.15, 0.2) is 17.3 Å². The molecule has 1 aliphatic rings. The quantitative estimate of drug-likeness (QED) is 0.479. The Hall–Kier alpha value is -3.19. The Morgan fingerprint density at radius 3 is 2.63 bits per heavy atom. The van der Waals surface area contributed by atoms with Crippen LogP contribution in [0.2, 0.25) is 0 Å². The highest BCUT2D eigenvalue weighted by molar-refractivity contribution is 7.20. The number of hydrogen-bond donors (Lipinski definition) is 0. The number of aromatic nitrogens is 3. The van der Waals surface area contributed by atoms with Gasteiger partial charge in [0.2, 0.25) is 5.13 Å². The van der Waals surface area contributed by atoms with Gasteiger partial charge in [-0.05, 0) is 49.1 Å². The van der Waals surface area contributed by atoms with Crippen LogP contribution in [0.3, 0.4) is 0 Å². The molecule has 2 aromatic heterocycles. The van der Waals surface area contributed by atoms with Crippen LogP contribution in [0.5, 0.6) is 11.5 Å². The fourth-order valence-electron chi connectivity index (χ4n) is 4.21. The summed E-state index contributed by atoms with van der Waals surface area (Å²) in [5.74, 6) is 1.53. The number of Topliss-reactive ketones (excluding diaryl/α,β-unsaturated/α-hetero) is 1. The van der Waals surface area contributed by atoms with Crippen molar-refractivity contribution in [1.29, 1.82) is 0 Å². The number of thiazole rings is 1. The number of nitrogens with zero attached hydrogens (tertiary/aromatic N) is 3. The van der Waals surface area contributed by atoms with Gasteiger partial charge < -0.3 is 9.47 Å². The number of rotatable bonds is 4. The summed E-state index contributed by atoms with van der Waals surface area (Å²) in [6.07, 6.45) is 1.17. The second-order valence-electron chi connectivity index (χ2n) is 7.43. The Labute approximate surface area is 178 Å². The van der Waals surface area contributed by atoms with Crippen LogP contribution >= 0.6 is 11.3 Å². The van der Waals surface area contributed by atoms with Crippen LogP contribution in [0.4, 0.5) is 0 Å². The molecule has 0 unspecified atom stereocenters. The van der Waals surface area contributed by atoms with E-state index in [1.54, 1.807) is 25.6 Å². The molecule has 0 fully saturated rings. The topological polar surface area (TPSA) is 66.2 Å². The van der Waals surface area contributed by atoms with Crippen molar-refractivity contribution in [1.82, 2.24) is 14.8 Å². The van der Waals surface area contributed by atoms with Gasteiger partial charge in [-0.25, -0.2) is 9.67 Å². The van der Waals surface area contributed by atoms with Crippen LogP contribution in [-0.4, -0.2) is 34.8 Å². The maximum atomic E-state index is 13.1. The van der Waals surface area contributed by atoms with E-state index >= 15 is 0 Å². The highest BCUT2D eigenvalue weighted by Gasteiger charge is 2.33. The minimum absolute atomic E-state index is 0.0500. The highest BCUT2D eigenvalue weighted by Crippen LogP contribution is 2.39. The Balaban J connectivity index is 1.58. The molecular formula is C23H21N3O3S. The Morgan fingerprint density at radius 1 is 1.07 bits per heavy atom. The molecule has 1 aliphatic carbocycles. The number of benzene rings is 2. The Morgan fingerprint density at radius 2 is 1.87 bits per heavy atom. The van der Waals surface area contributed by atoms with Crippen molar-refractivity contribution >= 4 is 27.3 Å². The third kappa shape index (κ3) is 2.97. The molecule has 7 heteroatoms. The fraction of sp³-hybridized carbons (Fsp3) is 0.261. The zero-order chi connectivity index (χ0) is 20.8. The Kier molecular flexibility index (Phi) is 4.55. The lowest BCUT2D eigenvalue weighted by molar-refractivity contribution is 0.0963. The number of para-hydroxylation sites is 1. The smallest absolute Gasteiger partial charge is 0.211 e. The third-order valence-corrected chi connectivity index (χ3v) is 6.66. The molecule has 0 N–H and O–H groups in total. The molecule has 5 rings (SSSR count). The van der Waals surface area contributed by atoms with E-state index in [4.69, 9.17) is 19.6 Å². The van der Waals surface area contributed by atoms with Gasteiger partial charge in [-0.2, -0.15) is 5.10 Å². The van der Waals surface area contributed by atoms with Gasteiger partial charge in [-0.15, -0.1) is 0 Å². The number of carbonyl (C=O) groups is 1. The summed E-state index contributed by atoms with van der Waals surface area (Å²) in [5.41, 5.74) is 4.44. The van der Waals surface area contributed by atoms with Crippen LogP contribution in [0, 0.1) is 6.92 Å². The lowest BCUT2D eigenvalue weighted by Gasteiger charge is -2.23. The highest BCUT2D eigenvalue weighted by atomic mass is 32.1. The zero-order valence-electron chi connectivity index (χ0n) is 17.0. The largest absolute Gasteiger partial charge is 0.493 e. The normalized spacial score (nSPS) is 16.0. The van der Waals surface area contributed by atoms with Crippen LogP contribution < -0.4 is 9.47 Å². The van der Waals surface area contributed by atoms with Crippen molar-refractivity contribution < 1.29 is 14.3 Å². The van der Waals surface area contributed by atoms with Crippen molar-refractivity contribution in [3.63, 3.8) is 0 Å². The summed E-state index contributed by atoms with van der Waals surface area (Å²) in [4.78, 5) is 17.8. The number of methoxy groups -OCH3 is 2. The second-order valence-corrected chi connectivity index (χ2v) is 8.43. The monoisotopic (exact) mass is 419 g/mol. The first-order chi connectivity index (χ1) is 14.6. The van der Waals surface area contributed by atoms with Gasteiger partial charge in [0.05, 0.1) is 41.4 Å². The van der Waals surface area contributed by atoms with Crippen molar-refractivity contribution in [2.24, 2.45) is 0 Å². The molecule has 0 bridgehead atoms. The van der Waals surface area contributed by atoms with Crippen molar-refractivity contribution in [3.05, 3.63) is 65.0 Å². The number of ether oxygens (including phenoxy) is 2. The molecule has 2 aromatic carbocycles. The van der Waals surface area contributed by atoms with E-state index in [2.05, 4.69) is 6.07 Å². The predicted molar refractivity (Wildman–Crippen MR) is 116 cm³/mol.